The molecule has 0 aliphatic carbocycles. The molecule has 0 spiro atoms. The highest BCUT2D eigenvalue weighted by Crippen LogP contribution is 2.12. The molecular formula is C22H43O. The van der Waals surface area contributed by atoms with Gasteiger partial charge in [-0.05, 0) is 32.1 Å². The normalized spacial score (nSPS) is 11.6. The first-order valence-electron chi connectivity index (χ1n) is 10.6. The van der Waals surface area contributed by atoms with Crippen molar-refractivity contribution in [3.8, 4) is 0 Å². The topological polar surface area (TPSA) is 19.9 Å². The summed E-state index contributed by atoms with van der Waals surface area (Å²) < 4.78 is 0. The van der Waals surface area contributed by atoms with Crippen molar-refractivity contribution in [2.24, 2.45) is 0 Å². The second-order valence-corrected chi connectivity index (χ2v) is 7.06. The lowest BCUT2D eigenvalue weighted by Crippen LogP contribution is -1.83. The molecule has 23 heavy (non-hydrogen) atoms. The highest BCUT2D eigenvalue weighted by Gasteiger charge is 1.93. The van der Waals surface area contributed by atoms with Crippen molar-refractivity contribution in [3.05, 3.63) is 12.2 Å². The second kappa shape index (κ2) is 21.7. The van der Waals surface area contributed by atoms with E-state index in [9.17, 15) is 5.11 Å². The Morgan fingerprint density at radius 1 is 0.478 bits per heavy atom. The van der Waals surface area contributed by atoms with Crippen molar-refractivity contribution >= 4 is 0 Å². The van der Waals surface area contributed by atoms with Crippen molar-refractivity contribution in [2.45, 2.75) is 122 Å². The summed E-state index contributed by atoms with van der Waals surface area (Å²) in [5.74, 6) is 0. The first kappa shape index (κ1) is 22.7. The molecule has 0 fully saturated rings. The Bertz CT molecular complexity index is 222. The molecule has 0 aromatic carbocycles. The Kier molecular flexibility index (Phi) is 21.4. The lowest BCUT2D eigenvalue weighted by molar-refractivity contribution is 0.186. The van der Waals surface area contributed by atoms with Gasteiger partial charge in [-0.15, -0.1) is 0 Å². The molecule has 0 aromatic rings. The van der Waals surface area contributed by atoms with E-state index in [4.69, 9.17) is 0 Å². The summed E-state index contributed by atoms with van der Waals surface area (Å²) in [6.45, 7) is 2.40. The third-order valence-corrected chi connectivity index (χ3v) is 4.66. The Morgan fingerprint density at radius 3 is 1.22 bits per heavy atom. The van der Waals surface area contributed by atoms with E-state index in [1.165, 1.54) is 103 Å². The molecule has 0 rings (SSSR count). The Labute approximate surface area is 147 Å². The maximum absolute atomic E-state index is 10.3. The van der Waals surface area contributed by atoms with Gasteiger partial charge in [-0.2, -0.15) is 0 Å². The van der Waals surface area contributed by atoms with E-state index in [0.29, 0.717) is 0 Å². The van der Waals surface area contributed by atoms with E-state index in [2.05, 4.69) is 19.1 Å². The number of rotatable bonds is 19. The molecule has 1 nitrogen and oxygen atoms in total. The number of allylic oxidation sites excluding steroid dienone is 2. The van der Waals surface area contributed by atoms with Crippen LogP contribution in [0.25, 0.3) is 0 Å². The minimum atomic E-state index is 0.118. The number of unbranched alkanes of at least 4 members (excludes halogenated alkanes) is 16. The third kappa shape index (κ3) is 21.7. The quantitative estimate of drug-likeness (QED) is 0.169. The van der Waals surface area contributed by atoms with Crippen molar-refractivity contribution in [1.29, 1.82) is 0 Å². The average molecular weight is 324 g/mol. The molecule has 0 atom stereocenters. The average Bonchev–Trinajstić information content (AvgIpc) is 2.57. The molecule has 0 unspecified atom stereocenters. The fourth-order valence-electron chi connectivity index (χ4n) is 3.06. The van der Waals surface area contributed by atoms with Gasteiger partial charge < -0.3 is 0 Å². The number of hydrogen-bond acceptors (Lipinski definition) is 0. The molecule has 0 heterocycles. The van der Waals surface area contributed by atoms with Crippen molar-refractivity contribution in [1.82, 2.24) is 0 Å². The maximum Gasteiger partial charge on any atom is 0.0822 e. The van der Waals surface area contributed by atoms with Gasteiger partial charge in [0.1, 0.15) is 0 Å². The van der Waals surface area contributed by atoms with Crippen molar-refractivity contribution < 1.29 is 5.11 Å². The van der Waals surface area contributed by atoms with Crippen LogP contribution >= 0.6 is 0 Å². The van der Waals surface area contributed by atoms with Gasteiger partial charge in [0.2, 0.25) is 0 Å². The SMILES string of the molecule is CCCCCCCCC=CCCCCCCCCCCCC[O]. The van der Waals surface area contributed by atoms with Gasteiger partial charge in [-0.3, -0.25) is 0 Å². The molecule has 137 valence electrons. The van der Waals surface area contributed by atoms with Crippen LogP contribution in [-0.2, 0) is 5.11 Å². The van der Waals surface area contributed by atoms with Crippen LogP contribution in [0.3, 0.4) is 0 Å². The van der Waals surface area contributed by atoms with Crippen LogP contribution in [0.2, 0.25) is 0 Å². The van der Waals surface area contributed by atoms with E-state index >= 15 is 0 Å². The molecule has 1 heteroatoms. The zero-order valence-electron chi connectivity index (χ0n) is 16.0. The molecule has 0 amide bonds. The van der Waals surface area contributed by atoms with Crippen LogP contribution in [0.4, 0.5) is 0 Å². The van der Waals surface area contributed by atoms with Crippen molar-refractivity contribution in [3.63, 3.8) is 0 Å². The van der Waals surface area contributed by atoms with Crippen LogP contribution in [0.1, 0.15) is 122 Å². The van der Waals surface area contributed by atoms with Gasteiger partial charge in [0.25, 0.3) is 0 Å². The Morgan fingerprint density at radius 2 is 0.826 bits per heavy atom. The lowest BCUT2D eigenvalue weighted by Gasteiger charge is -2.01. The van der Waals surface area contributed by atoms with Gasteiger partial charge in [-0.1, -0.05) is 103 Å². The molecule has 0 aliphatic rings. The molecule has 0 N–H and O–H groups in total. The van der Waals surface area contributed by atoms with Crippen LogP contribution in [0.5, 0.6) is 0 Å². The highest BCUT2D eigenvalue weighted by molar-refractivity contribution is 4.81. The molecule has 0 saturated carbocycles. The van der Waals surface area contributed by atoms with Crippen molar-refractivity contribution in [2.75, 3.05) is 6.61 Å². The molecular weight excluding hydrogens is 280 g/mol. The van der Waals surface area contributed by atoms with E-state index in [1.807, 2.05) is 0 Å². The van der Waals surface area contributed by atoms with Gasteiger partial charge >= 0.3 is 0 Å². The van der Waals surface area contributed by atoms with E-state index < -0.39 is 0 Å². The first-order chi connectivity index (χ1) is 11.4. The fraction of sp³-hybridized carbons (Fsp3) is 0.909. The van der Waals surface area contributed by atoms with Crippen LogP contribution in [0.15, 0.2) is 12.2 Å². The minimum Gasteiger partial charge on any atom is -0.237 e. The standard InChI is InChI=1S/C22H43O/c1-2-3-4-5-6-7-8-9-10-11-12-13-14-15-16-17-18-19-20-21-22-23/h9-10H,2-8,11-22H2,1H3. The monoisotopic (exact) mass is 323 g/mol. The minimum absolute atomic E-state index is 0.118. The molecule has 0 saturated heterocycles. The van der Waals surface area contributed by atoms with E-state index in [1.54, 1.807) is 0 Å². The summed E-state index contributed by atoms with van der Waals surface area (Å²) in [5, 5.41) is 10.3. The lowest BCUT2D eigenvalue weighted by atomic mass is 10.1. The predicted molar refractivity (Wildman–Crippen MR) is 103 cm³/mol. The third-order valence-electron chi connectivity index (χ3n) is 4.66. The summed E-state index contributed by atoms with van der Waals surface area (Å²) in [5.41, 5.74) is 0. The highest BCUT2D eigenvalue weighted by atomic mass is 16.2. The number of hydrogen-bond donors (Lipinski definition) is 0. The van der Waals surface area contributed by atoms with Gasteiger partial charge in [0.15, 0.2) is 0 Å². The Balaban J connectivity index is 3.02. The zero-order valence-corrected chi connectivity index (χ0v) is 16.0. The second-order valence-electron chi connectivity index (χ2n) is 7.06. The van der Waals surface area contributed by atoms with Crippen LogP contribution in [0, 0.1) is 0 Å². The van der Waals surface area contributed by atoms with Crippen LogP contribution in [-0.4, -0.2) is 6.61 Å². The first-order valence-corrected chi connectivity index (χ1v) is 10.6. The predicted octanol–water partition coefficient (Wildman–Crippen LogP) is 8.01. The van der Waals surface area contributed by atoms with E-state index in [0.717, 1.165) is 12.8 Å². The smallest absolute Gasteiger partial charge is 0.0822 e. The molecule has 0 aliphatic heterocycles. The largest absolute Gasteiger partial charge is 0.237 e. The summed E-state index contributed by atoms with van der Waals surface area (Å²) in [6, 6.07) is 0. The van der Waals surface area contributed by atoms with Gasteiger partial charge in [0, 0.05) is 0 Å². The molecule has 1 radical (unpaired) electrons. The summed E-state index contributed by atoms with van der Waals surface area (Å²) in [4.78, 5) is 0. The molecule has 0 bridgehead atoms. The Hall–Kier alpha value is -0.300. The van der Waals surface area contributed by atoms with Gasteiger partial charge in [-0.25, -0.2) is 5.11 Å². The fourth-order valence-corrected chi connectivity index (χ4v) is 3.06. The zero-order chi connectivity index (χ0) is 16.8. The summed E-state index contributed by atoms with van der Waals surface area (Å²) in [6.07, 6.45) is 28.8. The van der Waals surface area contributed by atoms with Gasteiger partial charge in [0.05, 0.1) is 6.61 Å². The molecule has 0 aromatic heterocycles. The van der Waals surface area contributed by atoms with E-state index in [-0.39, 0.29) is 6.61 Å². The maximum atomic E-state index is 10.3. The summed E-state index contributed by atoms with van der Waals surface area (Å²) >= 11 is 0. The van der Waals surface area contributed by atoms with Crippen LogP contribution < -0.4 is 0 Å². The summed E-state index contributed by atoms with van der Waals surface area (Å²) in [7, 11) is 0.